The summed E-state index contributed by atoms with van der Waals surface area (Å²) in [4.78, 5) is 17.3. The molecule has 0 aliphatic carbocycles. The first-order valence-corrected chi connectivity index (χ1v) is 5.44. The van der Waals surface area contributed by atoms with Crippen LogP contribution >= 0.6 is 12.2 Å². The van der Waals surface area contributed by atoms with Crippen molar-refractivity contribution in [3.05, 3.63) is 16.7 Å². The molecule has 0 amide bonds. The highest BCUT2D eigenvalue weighted by Gasteiger charge is 2.22. The summed E-state index contributed by atoms with van der Waals surface area (Å²) in [7, 11) is 0. The number of carbonyl (C=O) groups excluding carboxylic acids is 1. The molecule has 16 heavy (non-hydrogen) atoms. The van der Waals surface area contributed by atoms with Gasteiger partial charge in [-0.1, -0.05) is 0 Å². The zero-order valence-electron chi connectivity index (χ0n) is 9.66. The first-order chi connectivity index (χ1) is 7.28. The van der Waals surface area contributed by atoms with Gasteiger partial charge in [0.05, 0.1) is 0 Å². The fourth-order valence-corrected chi connectivity index (χ4v) is 1.37. The van der Waals surface area contributed by atoms with Crippen LogP contribution < -0.4 is 5.73 Å². The lowest BCUT2D eigenvalue weighted by molar-refractivity contribution is -0.156. The number of esters is 1. The molecule has 0 saturated carbocycles. The van der Waals surface area contributed by atoms with Crippen LogP contribution in [0.2, 0.25) is 0 Å². The lowest BCUT2D eigenvalue weighted by atomic mass is 10.1. The summed E-state index contributed by atoms with van der Waals surface area (Å²) in [5.41, 5.74) is 6.00. The highest BCUT2D eigenvalue weighted by molar-refractivity contribution is 7.71. The van der Waals surface area contributed by atoms with Crippen molar-refractivity contribution in [2.24, 2.45) is 5.73 Å². The number of hydrogen-bond donors (Lipinski definition) is 3. The minimum Gasteiger partial charge on any atom is -0.459 e. The Morgan fingerprint density at radius 1 is 1.62 bits per heavy atom. The molecular weight excluding hydrogens is 226 g/mol. The van der Waals surface area contributed by atoms with E-state index in [4.69, 9.17) is 22.7 Å². The zero-order valence-corrected chi connectivity index (χ0v) is 10.5. The SMILES string of the molecule is CC(C)(C)OC(=O)[C@H](N)Cc1c[nH]c(=S)[nH]1. The number of ether oxygens (including phenoxy) is 1. The van der Waals surface area contributed by atoms with Crippen molar-refractivity contribution in [2.45, 2.75) is 38.8 Å². The van der Waals surface area contributed by atoms with Gasteiger partial charge in [0, 0.05) is 18.3 Å². The molecule has 0 aliphatic rings. The summed E-state index contributed by atoms with van der Waals surface area (Å²) >= 11 is 4.87. The van der Waals surface area contributed by atoms with Crippen molar-refractivity contribution >= 4 is 18.2 Å². The van der Waals surface area contributed by atoms with Gasteiger partial charge in [0.2, 0.25) is 0 Å². The molecule has 1 aromatic rings. The Kier molecular flexibility index (Phi) is 3.88. The standard InChI is InChI=1S/C10H17N3O2S/c1-10(2,3)15-8(14)7(11)4-6-5-12-9(16)13-6/h5,7H,4,11H2,1-3H3,(H2,12,13,16)/t7-/m1/s1. The third-order valence-corrected chi connectivity index (χ3v) is 2.02. The molecule has 5 nitrogen and oxygen atoms in total. The van der Waals surface area contributed by atoms with E-state index < -0.39 is 17.6 Å². The third kappa shape index (κ3) is 4.16. The van der Waals surface area contributed by atoms with Crippen LogP contribution in [0.25, 0.3) is 0 Å². The molecule has 0 bridgehead atoms. The molecular formula is C10H17N3O2S. The van der Waals surface area contributed by atoms with Gasteiger partial charge in [0.1, 0.15) is 11.6 Å². The van der Waals surface area contributed by atoms with Gasteiger partial charge >= 0.3 is 5.97 Å². The van der Waals surface area contributed by atoms with Gasteiger partial charge in [0.15, 0.2) is 4.77 Å². The second-order valence-electron chi connectivity index (χ2n) is 4.61. The van der Waals surface area contributed by atoms with Crippen LogP contribution in [0.15, 0.2) is 6.20 Å². The lowest BCUT2D eigenvalue weighted by Gasteiger charge is -2.21. The van der Waals surface area contributed by atoms with E-state index in [1.54, 1.807) is 27.0 Å². The van der Waals surface area contributed by atoms with Gasteiger partial charge in [-0.15, -0.1) is 0 Å². The number of imidazole rings is 1. The average molecular weight is 243 g/mol. The molecule has 0 fully saturated rings. The molecule has 6 heteroatoms. The Labute approximate surface area is 99.4 Å². The van der Waals surface area contributed by atoms with Gasteiger partial charge in [-0.05, 0) is 33.0 Å². The Morgan fingerprint density at radius 3 is 2.69 bits per heavy atom. The fraction of sp³-hybridized carbons (Fsp3) is 0.600. The van der Waals surface area contributed by atoms with Crippen LogP contribution in [0, 0.1) is 4.77 Å². The largest absolute Gasteiger partial charge is 0.459 e. The first-order valence-electron chi connectivity index (χ1n) is 5.03. The predicted molar refractivity (Wildman–Crippen MR) is 63.5 cm³/mol. The Morgan fingerprint density at radius 2 is 2.25 bits per heavy atom. The number of nitrogens with two attached hydrogens (primary N) is 1. The number of aromatic nitrogens is 2. The number of nitrogens with one attached hydrogen (secondary N) is 2. The molecule has 0 unspecified atom stereocenters. The number of carbonyl (C=O) groups is 1. The van der Waals surface area contributed by atoms with Crippen LogP contribution in [-0.4, -0.2) is 27.6 Å². The lowest BCUT2D eigenvalue weighted by Crippen LogP contribution is -2.38. The Bertz CT molecular complexity index is 416. The van der Waals surface area contributed by atoms with Crippen LogP contribution in [0.4, 0.5) is 0 Å². The number of H-pyrrole nitrogens is 2. The quantitative estimate of drug-likeness (QED) is 0.551. The summed E-state index contributed by atoms with van der Waals surface area (Å²) < 4.78 is 5.68. The van der Waals surface area contributed by atoms with Crippen molar-refractivity contribution in [2.75, 3.05) is 0 Å². The maximum absolute atomic E-state index is 11.6. The molecule has 0 spiro atoms. The van der Waals surface area contributed by atoms with Gasteiger partial charge in [-0.2, -0.15) is 0 Å². The van der Waals surface area contributed by atoms with E-state index in [1.807, 2.05) is 0 Å². The molecule has 1 aromatic heterocycles. The molecule has 1 atom stereocenters. The van der Waals surface area contributed by atoms with Crippen LogP contribution in [-0.2, 0) is 16.0 Å². The monoisotopic (exact) mass is 243 g/mol. The van der Waals surface area contributed by atoms with E-state index in [-0.39, 0.29) is 0 Å². The number of hydrogen-bond acceptors (Lipinski definition) is 4. The van der Waals surface area contributed by atoms with Crippen LogP contribution in [0.5, 0.6) is 0 Å². The van der Waals surface area contributed by atoms with E-state index in [0.29, 0.717) is 11.2 Å². The molecule has 1 rings (SSSR count). The molecule has 90 valence electrons. The summed E-state index contributed by atoms with van der Waals surface area (Å²) in [6.45, 7) is 5.42. The predicted octanol–water partition coefficient (Wildman–Crippen LogP) is 1.28. The highest BCUT2D eigenvalue weighted by Crippen LogP contribution is 2.09. The van der Waals surface area contributed by atoms with Gasteiger partial charge in [0.25, 0.3) is 0 Å². The van der Waals surface area contributed by atoms with E-state index >= 15 is 0 Å². The number of rotatable bonds is 3. The van der Waals surface area contributed by atoms with Crippen molar-refractivity contribution in [3.8, 4) is 0 Å². The topological polar surface area (TPSA) is 83.9 Å². The minimum atomic E-state index is -0.680. The van der Waals surface area contributed by atoms with Crippen molar-refractivity contribution in [1.29, 1.82) is 0 Å². The maximum Gasteiger partial charge on any atom is 0.323 e. The fourth-order valence-electron chi connectivity index (χ4n) is 1.18. The number of aromatic amines is 2. The van der Waals surface area contributed by atoms with Crippen LogP contribution in [0.1, 0.15) is 26.5 Å². The molecule has 0 aliphatic heterocycles. The van der Waals surface area contributed by atoms with Crippen molar-refractivity contribution < 1.29 is 9.53 Å². The Hall–Kier alpha value is -1.14. The van der Waals surface area contributed by atoms with E-state index in [1.165, 1.54) is 0 Å². The second kappa shape index (κ2) is 4.80. The van der Waals surface area contributed by atoms with E-state index in [9.17, 15) is 4.79 Å². The smallest absolute Gasteiger partial charge is 0.323 e. The second-order valence-corrected chi connectivity index (χ2v) is 5.02. The summed E-state index contributed by atoms with van der Waals surface area (Å²) in [6.07, 6.45) is 2.08. The maximum atomic E-state index is 11.6. The van der Waals surface area contributed by atoms with Gasteiger partial charge in [-0.3, -0.25) is 4.79 Å². The molecule has 4 N–H and O–H groups in total. The normalized spacial score (nSPS) is 13.5. The minimum absolute atomic E-state index is 0.377. The van der Waals surface area contributed by atoms with Gasteiger partial charge in [-0.25, -0.2) is 0 Å². The summed E-state index contributed by atoms with van der Waals surface area (Å²) in [5.74, 6) is -0.409. The first kappa shape index (κ1) is 12.9. The summed E-state index contributed by atoms with van der Waals surface area (Å²) in [5, 5.41) is 0. The average Bonchev–Trinajstić information content (AvgIpc) is 2.48. The summed E-state index contributed by atoms with van der Waals surface area (Å²) in [6, 6.07) is -0.680. The molecule has 1 heterocycles. The Balaban J connectivity index is 2.55. The van der Waals surface area contributed by atoms with Crippen molar-refractivity contribution in [3.63, 3.8) is 0 Å². The third-order valence-electron chi connectivity index (χ3n) is 1.80. The zero-order chi connectivity index (χ0) is 12.3. The molecule has 0 aromatic carbocycles. The van der Waals surface area contributed by atoms with Gasteiger partial charge < -0.3 is 20.4 Å². The van der Waals surface area contributed by atoms with E-state index in [2.05, 4.69) is 9.97 Å². The van der Waals surface area contributed by atoms with Crippen molar-refractivity contribution in [1.82, 2.24) is 9.97 Å². The molecule has 0 saturated heterocycles. The van der Waals surface area contributed by atoms with E-state index in [0.717, 1.165) is 5.69 Å². The highest BCUT2D eigenvalue weighted by atomic mass is 32.1. The molecule has 0 radical (unpaired) electrons. The van der Waals surface area contributed by atoms with Crippen LogP contribution in [0.3, 0.4) is 0 Å².